The maximum absolute atomic E-state index is 13.8. The Bertz CT molecular complexity index is 1150. The first-order valence-electron chi connectivity index (χ1n) is 12.5. The Hall–Kier alpha value is -2.72. The average molecular weight is 441 g/mol. The number of pyridine rings is 1. The fourth-order valence-electron chi connectivity index (χ4n) is 6.39. The van der Waals surface area contributed by atoms with Crippen LogP contribution in [0.4, 0.5) is 0 Å². The lowest BCUT2D eigenvalue weighted by Gasteiger charge is -2.52. The molecule has 0 N–H and O–H groups in total. The first-order valence-corrected chi connectivity index (χ1v) is 12.5. The van der Waals surface area contributed by atoms with Crippen LogP contribution in [0.25, 0.3) is 10.9 Å². The van der Waals surface area contributed by atoms with Crippen LogP contribution in [0, 0.1) is 11.8 Å². The highest BCUT2D eigenvalue weighted by molar-refractivity contribution is 5.88. The molecule has 4 nitrogen and oxygen atoms in total. The molecule has 4 heterocycles. The summed E-state index contributed by atoms with van der Waals surface area (Å²) in [4.78, 5) is 20.9. The molecule has 170 valence electrons. The maximum atomic E-state index is 13.8. The van der Waals surface area contributed by atoms with E-state index >= 15 is 0 Å². The van der Waals surface area contributed by atoms with Crippen LogP contribution in [0.2, 0.25) is 0 Å². The Morgan fingerprint density at radius 1 is 1.12 bits per heavy atom. The van der Waals surface area contributed by atoms with Crippen molar-refractivity contribution in [3.63, 3.8) is 0 Å². The van der Waals surface area contributed by atoms with E-state index in [1.165, 1.54) is 12.8 Å². The number of hydrogen-bond donors (Lipinski definition) is 0. The predicted molar refractivity (Wildman–Crippen MR) is 130 cm³/mol. The molecule has 0 spiro atoms. The molecule has 1 aromatic heterocycles. The third kappa shape index (κ3) is 3.56. The zero-order valence-corrected chi connectivity index (χ0v) is 19.3. The summed E-state index contributed by atoms with van der Waals surface area (Å²) in [6.07, 6.45) is 6.93. The zero-order valence-electron chi connectivity index (χ0n) is 19.3. The molecule has 5 unspecified atom stereocenters. The van der Waals surface area contributed by atoms with Crippen molar-refractivity contribution < 1.29 is 9.53 Å². The molecule has 2 aromatic carbocycles. The van der Waals surface area contributed by atoms with Crippen molar-refractivity contribution in [1.82, 2.24) is 9.88 Å². The van der Waals surface area contributed by atoms with E-state index in [1.54, 1.807) is 0 Å². The van der Waals surface area contributed by atoms with E-state index in [-0.39, 0.29) is 18.1 Å². The van der Waals surface area contributed by atoms with E-state index in [1.807, 2.05) is 36.5 Å². The van der Waals surface area contributed by atoms with Gasteiger partial charge in [-0.2, -0.15) is 0 Å². The van der Waals surface area contributed by atoms with Gasteiger partial charge in [-0.15, -0.1) is 0 Å². The van der Waals surface area contributed by atoms with Crippen molar-refractivity contribution in [3.05, 3.63) is 78.0 Å². The number of carbonyl (C=O) groups is 1. The molecule has 2 bridgehead atoms. The number of fused-ring (bicyclic) bond motifs is 4. The van der Waals surface area contributed by atoms with Gasteiger partial charge in [0.1, 0.15) is 6.10 Å². The third-order valence-electron chi connectivity index (χ3n) is 8.50. The molecule has 0 radical (unpaired) electrons. The van der Waals surface area contributed by atoms with Crippen molar-refractivity contribution in [2.45, 2.75) is 56.6 Å². The lowest BCUT2D eigenvalue weighted by atomic mass is 9.72. The van der Waals surface area contributed by atoms with Crippen molar-refractivity contribution in [2.75, 3.05) is 13.1 Å². The molecule has 4 fully saturated rings. The molecule has 1 saturated carbocycles. The second kappa shape index (κ2) is 8.25. The summed E-state index contributed by atoms with van der Waals surface area (Å²) in [5.41, 5.74) is 2.67. The molecule has 3 saturated heterocycles. The number of ether oxygens (including phenoxy) is 1. The van der Waals surface area contributed by atoms with Gasteiger partial charge in [0.05, 0.1) is 17.0 Å². The monoisotopic (exact) mass is 440 g/mol. The molecule has 3 aliphatic heterocycles. The van der Waals surface area contributed by atoms with Crippen LogP contribution < -0.4 is 0 Å². The van der Waals surface area contributed by atoms with Gasteiger partial charge in [-0.1, -0.05) is 61.9 Å². The number of carbonyl (C=O) groups excluding carboxylic acids is 1. The number of nitrogens with zero attached hydrogens (tertiary/aromatic N) is 2. The summed E-state index contributed by atoms with van der Waals surface area (Å²) in [7, 11) is 0. The van der Waals surface area contributed by atoms with Crippen LogP contribution >= 0.6 is 0 Å². The van der Waals surface area contributed by atoms with Gasteiger partial charge in [0, 0.05) is 23.7 Å². The summed E-state index contributed by atoms with van der Waals surface area (Å²) in [6.45, 7) is 4.53. The molecule has 5 atom stereocenters. The zero-order chi connectivity index (χ0) is 22.4. The van der Waals surface area contributed by atoms with Gasteiger partial charge < -0.3 is 4.74 Å². The fourth-order valence-corrected chi connectivity index (χ4v) is 6.39. The Labute approximate surface area is 196 Å². The van der Waals surface area contributed by atoms with Crippen molar-refractivity contribution in [1.29, 1.82) is 0 Å². The normalized spacial score (nSPS) is 28.4. The predicted octanol–water partition coefficient (Wildman–Crippen LogP) is 5.67. The Balaban J connectivity index is 1.38. The number of piperidine rings is 3. The molecular weight excluding hydrogens is 408 g/mol. The molecule has 4 aliphatic rings. The van der Waals surface area contributed by atoms with E-state index in [4.69, 9.17) is 4.74 Å². The van der Waals surface area contributed by atoms with Crippen LogP contribution in [-0.2, 0) is 14.9 Å². The van der Waals surface area contributed by atoms with Crippen molar-refractivity contribution >= 4 is 16.9 Å². The van der Waals surface area contributed by atoms with Crippen LogP contribution in [0.1, 0.15) is 56.3 Å². The Morgan fingerprint density at radius 3 is 2.64 bits per heavy atom. The van der Waals surface area contributed by atoms with E-state index in [9.17, 15) is 4.79 Å². The smallest absolute Gasteiger partial charge is 0.317 e. The van der Waals surface area contributed by atoms with Gasteiger partial charge in [0.25, 0.3) is 0 Å². The summed E-state index contributed by atoms with van der Waals surface area (Å²) in [5.74, 6) is 1.43. The van der Waals surface area contributed by atoms with Crippen molar-refractivity contribution in [2.24, 2.45) is 11.8 Å². The van der Waals surface area contributed by atoms with Crippen LogP contribution in [0.5, 0.6) is 0 Å². The molecule has 4 heteroatoms. The number of esters is 1. The van der Waals surface area contributed by atoms with Gasteiger partial charge >= 0.3 is 5.97 Å². The number of rotatable bonds is 6. The fraction of sp³-hybridized carbons (Fsp3) is 0.448. The second-order valence-electron chi connectivity index (χ2n) is 10.2. The van der Waals surface area contributed by atoms with E-state index in [0.29, 0.717) is 0 Å². The summed E-state index contributed by atoms with van der Waals surface area (Å²) >= 11 is 0. The number of benzene rings is 2. The minimum atomic E-state index is -0.475. The third-order valence-corrected chi connectivity index (χ3v) is 8.50. The van der Waals surface area contributed by atoms with Gasteiger partial charge in [0.2, 0.25) is 0 Å². The quantitative estimate of drug-likeness (QED) is 0.463. The number of aromatic nitrogens is 1. The van der Waals surface area contributed by atoms with Crippen LogP contribution in [0.3, 0.4) is 0 Å². The highest BCUT2D eigenvalue weighted by Crippen LogP contribution is 2.51. The second-order valence-corrected chi connectivity index (χ2v) is 10.2. The molecule has 33 heavy (non-hydrogen) atoms. The van der Waals surface area contributed by atoms with E-state index in [2.05, 4.69) is 47.1 Å². The Kier molecular flexibility index (Phi) is 5.21. The highest BCUT2D eigenvalue weighted by atomic mass is 16.5. The molecule has 7 rings (SSSR count). The van der Waals surface area contributed by atoms with Gasteiger partial charge in [-0.3, -0.25) is 14.7 Å². The highest BCUT2D eigenvalue weighted by Gasteiger charge is 2.54. The van der Waals surface area contributed by atoms with Gasteiger partial charge in [-0.05, 0) is 61.8 Å². The van der Waals surface area contributed by atoms with E-state index in [0.717, 1.165) is 66.2 Å². The maximum Gasteiger partial charge on any atom is 0.317 e. The summed E-state index contributed by atoms with van der Waals surface area (Å²) in [5, 5.41) is 1.09. The van der Waals surface area contributed by atoms with Gasteiger partial charge in [-0.25, -0.2) is 0 Å². The molecule has 1 aliphatic carbocycles. The van der Waals surface area contributed by atoms with Crippen LogP contribution in [-0.4, -0.2) is 35.0 Å². The number of para-hydroxylation sites is 1. The Morgan fingerprint density at radius 2 is 1.91 bits per heavy atom. The van der Waals surface area contributed by atoms with Crippen LogP contribution in [0.15, 0.2) is 66.9 Å². The van der Waals surface area contributed by atoms with Crippen molar-refractivity contribution in [3.8, 4) is 0 Å². The topological polar surface area (TPSA) is 42.4 Å². The largest absolute Gasteiger partial charge is 0.455 e. The van der Waals surface area contributed by atoms with E-state index < -0.39 is 5.41 Å². The molecule has 0 amide bonds. The molecule has 3 aromatic rings. The van der Waals surface area contributed by atoms with Gasteiger partial charge in [0.15, 0.2) is 0 Å². The SMILES string of the molecule is CCC1CN2CCC1CC2C(OC(=O)C1(c2ccccc2)CC1)c1ccnc2ccccc12. The minimum Gasteiger partial charge on any atom is -0.455 e. The summed E-state index contributed by atoms with van der Waals surface area (Å²) in [6, 6.07) is 20.7. The first-order chi connectivity index (χ1) is 16.2. The molecular formula is C29H32N2O2. The number of hydrogen-bond acceptors (Lipinski definition) is 4. The average Bonchev–Trinajstić information content (AvgIpc) is 3.70. The minimum absolute atomic E-state index is 0.0609. The standard InChI is InChI=1S/C29H32N2O2/c1-2-20-19-31-17-13-21(20)18-26(31)27(24-12-16-30-25-11-7-6-10-23(24)25)33-28(32)29(14-15-29)22-8-4-3-5-9-22/h3-12,16,20-21,26-27H,2,13-15,17-19H2,1H3. The lowest BCUT2D eigenvalue weighted by Crippen LogP contribution is -2.55. The first kappa shape index (κ1) is 20.9. The summed E-state index contributed by atoms with van der Waals surface area (Å²) < 4.78 is 6.58. The lowest BCUT2D eigenvalue weighted by molar-refractivity contribution is -0.161.